The van der Waals surface area contributed by atoms with E-state index in [4.69, 9.17) is 0 Å². The second-order valence-corrected chi connectivity index (χ2v) is 5.06. The molecular formula is C15H18F2N4O. The van der Waals surface area contributed by atoms with Gasteiger partial charge in [-0.25, -0.2) is 4.98 Å². The van der Waals surface area contributed by atoms with Crippen LogP contribution >= 0.6 is 0 Å². The van der Waals surface area contributed by atoms with Gasteiger partial charge in [0, 0.05) is 18.1 Å². The molecule has 1 aromatic carbocycles. The van der Waals surface area contributed by atoms with Crippen LogP contribution in [0.1, 0.15) is 17.9 Å². The zero-order chi connectivity index (χ0) is 16.1. The zero-order valence-corrected chi connectivity index (χ0v) is 12.5. The van der Waals surface area contributed by atoms with Crippen LogP contribution < -0.4 is 5.32 Å². The predicted octanol–water partition coefficient (Wildman–Crippen LogP) is 2.66. The van der Waals surface area contributed by atoms with E-state index in [1.807, 2.05) is 31.2 Å². The Balaban J connectivity index is 1.91. The highest BCUT2D eigenvalue weighted by Gasteiger charge is 2.15. The number of alkyl halides is 2. The molecule has 118 valence electrons. The van der Waals surface area contributed by atoms with Crippen LogP contribution in [0.25, 0.3) is 0 Å². The van der Waals surface area contributed by atoms with E-state index in [2.05, 4.69) is 10.3 Å². The summed E-state index contributed by atoms with van der Waals surface area (Å²) in [6, 6.07) is 7.45. The Morgan fingerprint density at radius 2 is 2.14 bits per heavy atom. The first-order valence-electron chi connectivity index (χ1n) is 6.81. The number of hydrogen-bond donors (Lipinski definition) is 1. The number of anilines is 1. The fourth-order valence-corrected chi connectivity index (χ4v) is 2.09. The number of aryl methyl sites for hydroxylation is 1. The number of benzene rings is 1. The lowest BCUT2D eigenvalue weighted by molar-refractivity contribution is -0.117. The van der Waals surface area contributed by atoms with Crippen molar-refractivity contribution in [2.24, 2.45) is 0 Å². The average Bonchev–Trinajstić information content (AvgIpc) is 2.89. The molecule has 0 bridgehead atoms. The molecule has 0 fully saturated rings. The highest BCUT2D eigenvalue weighted by molar-refractivity contribution is 5.92. The molecule has 0 spiro atoms. The number of imidazole rings is 1. The summed E-state index contributed by atoms with van der Waals surface area (Å²) in [5.41, 5.74) is 1.71. The predicted molar refractivity (Wildman–Crippen MR) is 79.6 cm³/mol. The standard InChI is InChI=1S/C15H18F2N4O/c1-11-5-3-4-6-12(11)19-14(22)10-20(2)9-13-18-7-8-21(13)15(16)17/h3-8,15H,9-10H2,1-2H3,(H,19,22). The van der Waals surface area contributed by atoms with Gasteiger partial charge in [-0.15, -0.1) is 0 Å². The van der Waals surface area contributed by atoms with Crippen LogP contribution in [0.3, 0.4) is 0 Å². The van der Waals surface area contributed by atoms with Gasteiger partial charge in [0.05, 0.1) is 13.1 Å². The number of carbonyl (C=O) groups is 1. The third-order valence-electron chi connectivity index (χ3n) is 3.20. The number of likely N-dealkylation sites (N-methyl/N-ethyl adjacent to an activating group) is 1. The molecule has 0 radical (unpaired) electrons. The van der Waals surface area contributed by atoms with Crippen molar-refractivity contribution < 1.29 is 13.6 Å². The highest BCUT2D eigenvalue weighted by Crippen LogP contribution is 2.14. The molecule has 0 atom stereocenters. The van der Waals surface area contributed by atoms with Crippen LogP contribution in [-0.2, 0) is 11.3 Å². The number of para-hydroxylation sites is 1. The molecular weight excluding hydrogens is 290 g/mol. The number of halogens is 2. The van der Waals surface area contributed by atoms with E-state index in [9.17, 15) is 13.6 Å². The molecule has 0 aliphatic rings. The summed E-state index contributed by atoms with van der Waals surface area (Å²) in [6.07, 6.45) is 2.55. The van der Waals surface area contributed by atoms with Crippen molar-refractivity contribution in [2.75, 3.05) is 18.9 Å². The largest absolute Gasteiger partial charge is 0.325 e. The number of aromatic nitrogens is 2. The van der Waals surface area contributed by atoms with Crippen molar-refractivity contribution >= 4 is 11.6 Å². The van der Waals surface area contributed by atoms with Crippen molar-refractivity contribution in [3.8, 4) is 0 Å². The third-order valence-corrected chi connectivity index (χ3v) is 3.20. The second kappa shape index (κ2) is 7.13. The lowest BCUT2D eigenvalue weighted by Crippen LogP contribution is -2.31. The maximum Gasteiger partial charge on any atom is 0.319 e. The monoisotopic (exact) mass is 308 g/mol. The molecule has 7 heteroatoms. The van der Waals surface area contributed by atoms with E-state index in [0.717, 1.165) is 15.8 Å². The van der Waals surface area contributed by atoms with E-state index < -0.39 is 6.55 Å². The Morgan fingerprint density at radius 3 is 2.82 bits per heavy atom. The Hall–Kier alpha value is -2.28. The summed E-state index contributed by atoms with van der Waals surface area (Å²) >= 11 is 0. The van der Waals surface area contributed by atoms with Gasteiger partial charge in [0.2, 0.25) is 5.91 Å². The van der Waals surface area contributed by atoms with Crippen molar-refractivity contribution in [3.63, 3.8) is 0 Å². The Kier molecular flexibility index (Phi) is 5.21. The first-order valence-corrected chi connectivity index (χ1v) is 6.81. The summed E-state index contributed by atoms with van der Waals surface area (Å²) in [4.78, 5) is 17.5. The maximum absolute atomic E-state index is 12.7. The van der Waals surface area contributed by atoms with Crippen LogP contribution in [-0.4, -0.2) is 34.0 Å². The molecule has 0 unspecified atom stereocenters. The lowest BCUT2D eigenvalue weighted by Gasteiger charge is -2.17. The molecule has 2 aromatic rings. The van der Waals surface area contributed by atoms with Gasteiger partial charge in [0.1, 0.15) is 5.82 Å². The van der Waals surface area contributed by atoms with Crippen LogP contribution in [0.5, 0.6) is 0 Å². The normalized spacial score (nSPS) is 11.2. The summed E-state index contributed by atoms with van der Waals surface area (Å²) in [5, 5.41) is 2.80. The zero-order valence-electron chi connectivity index (χ0n) is 12.5. The van der Waals surface area contributed by atoms with E-state index in [-0.39, 0.29) is 24.8 Å². The summed E-state index contributed by atoms with van der Waals surface area (Å²) in [7, 11) is 1.68. The minimum Gasteiger partial charge on any atom is -0.325 e. The molecule has 22 heavy (non-hydrogen) atoms. The SMILES string of the molecule is Cc1ccccc1NC(=O)CN(C)Cc1nccn1C(F)F. The molecule has 0 saturated carbocycles. The van der Waals surface area contributed by atoms with Gasteiger partial charge >= 0.3 is 6.55 Å². The molecule has 1 aromatic heterocycles. The third kappa shape index (κ3) is 4.11. The minimum atomic E-state index is -2.63. The van der Waals surface area contributed by atoms with E-state index in [1.165, 1.54) is 12.4 Å². The first kappa shape index (κ1) is 16.1. The Labute approximate surface area is 127 Å². The van der Waals surface area contributed by atoms with Crippen molar-refractivity contribution in [2.45, 2.75) is 20.0 Å². The molecule has 0 saturated heterocycles. The van der Waals surface area contributed by atoms with Gasteiger partial charge in [-0.3, -0.25) is 14.3 Å². The van der Waals surface area contributed by atoms with Crippen molar-refractivity contribution in [1.29, 1.82) is 0 Å². The molecule has 2 rings (SSSR count). The van der Waals surface area contributed by atoms with Crippen LogP contribution in [0.4, 0.5) is 14.5 Å². The summed E-state index contributed by atoms with van der Waals surface area (Å²) in [5.74, 6) is 0.0214. The van der Waals surface area contributed by atoms with Crippen LogP contribution in [0, 0.1) is 6.92 Å². The van der Waals surface area contributed by atoms with E-state index in [1.54, 1.807) is 11.9 Å². The molecule has 0 aliphatic carbocycles. The number of nitrogens with zero attached hydrogens (tertiary/aromatic N) is 3. The number of hydrogen-bond acceptors (Lipinski definition) is 3. The van der Waals surface area contributed by atoms with Crippen LogP contribution in [0.2, 0.25) is 0 Å². The molecule has 1 N–H and O–H groups in total. The number of nitrogens with one attached hydrogen (secondary N) is 1. The van der Waals surface area contributed by atoms with Crippen molar-refractivity contribution in [3.05, 3.63) is 48.0 Å². The smallest absolute Gasteiger partial charge is 0.319 e. The quantitative estimate of drug-likeness (QED) is 0.892. The van der Waals surface area contributed by atoms with Crippen LogP contribution in [0.15, 0.2) is 36.7 Å². The summed E-state index contributed by atoms with van der Waals surface area (Å²) in [6.45, 7) is -0.478. The number of rotatable bonds is 6. The number of amides is 1. The van der Waals surface area contributed by atoms with Gasteiger partial charge in [0.25, 0.3) is 0 Å². The first-order chi connectivity index (χ1) is 10.5. The number of carbonyl (C=O) groups excluding carboxylic acids is 1. The maximum atomic E-state index is 12.7. The Bertz CT molecular complexity index is 642. The van der Waals surface area contributed by atoms with Gasteiger partial charge in [-0.2, -0.15) is 8.78 Å². The average molecular weight is 308 g/mol. The van der Waals surface area contributed by atoms with Crippen molar-refractivity contribution in [1.82, 2.24) is 14.5 Å². The summed E-state index contributed by atoms with van der Waals surface area (Å²) < 4.78 is 26.2. The topological polar surface area (TPSA) is 50.2 Å². The highest BCUT2D eigenvalue weighted by atomic mass is 19.3. The molecule has 0 aliphatic heterocycles. The molecule has 5 nitrogen and oxygen atoms in total. The second-order valence-electron chi connectivity index (χ2n) is 5.06. The van der Waals surface area contributed by atoms with Gasteiger partial charge < -0.3 is 5.32 Å². The minimum absolute atomic E-state index is 0.0877. The van der Waals surface area contributed by atoms with E-state index >= 15 is 0 Å². The molecule has 1 amide bonds. The Morgan fingerprint density at radius 1 is 1.41 bits per heavy atom. The fraction of sp³-hybridized carbons (Fsp3) is 0.333. The lowest BCUT2D eigenvalue weighted by atomic mass is 10.2. The van der Waals surface area contributed by atoms with Gasteiger partial charge in [-0.1, -0.05) is 18.2 Å². The van der Waals surface area contributed by atoms with Gasteiger partial charge in [0.15, 0.2) is 0 Å². The fourth-order valence-electron chi connectivity index (χ4n) is 2.09. The van der Waals surface area contributed by atoms with E-state index in [0.29, 0.717) is 0 Å². The molecule has 1 heterocycles. The van der Waals surface area contributed by atoms with Gasteiger partial charge in [-0.05, 0) is 25.6 Å².